The molecule has 1 aliphatic rings. The second-order valence-electron chi connectivity index (χ2n) is 4.08. The first kappa shape index (κ1) is 13.1. The number of fused-ring (bicyclic) bond motifs is 1. The molecular weight excluding hydrogens is 234 g/mol. The number of aliphatic hydroxyl groups excluding tert-OH is 1. The van der Waals surface area contributed by atoms with Crippen LogP contribution in [0.25, 0.3) is 0 Å². The van der Waals surface area contributed by atoms with Crippen LogP contribution in [0, 0.1) is 0 Å². The van der Waals surface area contributed by atoms with E-state index in [2.05, 4.69) is 0 Å². The van der Waals surface area contributed by atoms with Crippen LogP contribution in [-0.2, 0) is 4.74 Å². The Labute approximate surface area is 106 Å². The Hall–Kier alpha value is -1.30. The van der Waals surface area contributed by atoms with E-state index in [-0.39, 0.29) is 12.7 Å². The van der Waals surface area contributed by atoms with Gasteiger partial charge in [0.1, 0.15) is 13.2 Å². The van der Waals surface area contributed by atoms with Crippen molar-refractivity contribution in [1.82, 2.24) is 0 Å². The van der Waals surface area contributed by atoms with Gasteiger partial charge in [-0.2, -0.15) is 0 Å². The number of hydrogen-bond acceptors (Lipinski definition) is 5. The highest BCUT2D eigenvalue weighted by molar-refractivity contribution is 5.44. The molecule has 1 aromatic carbocycles. The minimum absolute atomic E-state index is 0.123. The van der Waals surface area contributed by atoms with Crippen LogP contribution < -0.4 is 15.2 Å². The second kappa shape index (κ2) is 6.58. The number of rotatable bonds is 6. The summed E-state index contributed by atoms with van der Waals surface area (Å²) in [5.41, 5.74) is 6.68. The highest BCUT2D eigenvalue weighted by Crippen LogP contribution is 2.33. The van der Waals surface area contributed by atoms with Crippen LogP contribution in [0.3, 0.4) is 0 Å². The lowest BCUT2D eigenvalue weighted by Gasteiger charge is -2.21. The van der Waals surface area contributed by atoms with Crippen molar-refractivity contribution < 1.29 is 19.3 Å². The molecule has 5 heteroatoms. The molecule has 0 bridgehead atoms. The summed E-state index contributed by atoms with van der Waals surface area (Å²) in [6.07, 6.45) is 0.438. The van der Waals surface area contributed by atoms with Crippen LogP contribution in [0.5, 0.6) is 11.5 Å². The topological polar surface area (TPSA) is 73.9 Å². The molecule has 1 unspecified atom stereocenters. The highest BCUT2D eigenvalue weighted by Gasteiger charge is 2.16. The van der Waals surface area contributed by atoms with Gasteiger partial charge in [-0.05, 0) is 24.1 Å². The van der Waals surface area contributed by atoms with E-state index in [1.54, 1.807) is 0 Å². The summed E-state index contributed by atoms with van der Waals surface area (Å²) in [5.74, 6) is 1.50. The van der Waals surface area contributed by atoms with Crippen molar-refractivity contribution in [3.05, 3.63) is 23.8 Å². The molecule has 0 radical (unpaired) electrons. The van der Waals surface area contributed by atoms with Crippen LogP contribution in [0.4, 0.5) is 0 Å². The predicted molar refractivity (Wildman–Crippen MR) is 66.9 cm³/mol. The maximum absolute atomic E-state index is 8.73. The maximum atomic E-state index is 8.73. The molecule has 0 amide bonds. The van der Waals surface area contributed by atoms with Crippen molar-refractivity contribution in [2.45, 2.75) is 12.5 Å². The molecule has 0 saturated heterocycles. The van der Waals surface area contributed by atoms with Gasteiger partial charge in [-0.25, -0.2) is 0 Å². The van der Waals surface area contributed by atoms with Crippen molar-refractivity contribution in [2.75, 3.05) is 33.0 Å². The Morgan fingerprint density at radius 3 is 2.78 bits per heavy atom. The largest absolute Gasteiger partial charge is 0.486 e. The first-order valence-corrected chi connectivity index (χ1v) is 6.17. The number of hydrogen-bond donors (Lipinski definition) is 2. The third-order valence-electron chi connectivity index (χ3n) is 2.77. The van der Waals surface area contributed by atoms with E-state index in [0.717, 1.165) is 17.1 Å². The van der Waals surface area contributed by atoms with E-state index in [0.29, 0.717) is 32.8 Å². The third kappa shape index (κ3) is 3.13. The fraction of sp³-hybridized carbons (Fsp3) is 0.538. The van der Waals surface area contributed by atoms with Gasteiger partial charge in [0.05, 0.1) is 6.10 Å². The monoisotopic (exact) mass is 253 g/mol. The molecule has 18 heavy (non-hydrogen) atoms. The molecule has 1 aromatic rings. The van der Waals surface area contributed by atoms with Crippen LogP contribution in [-0.4, -0.2) is 38.1 Å². The summed E-state index contributed by atoms with van der Waals surface area (Å²) in [6.45, 7) is 2.16. The molecule has 0 aliphatic carbocycles. The lowest BCUT2D eigenvalue weighted by molar-refractivity contribution is 0.0485. The number of nitrogens with two attached hydrogens (primary N) is 1. The number of ether oxygens (including phenoxy) is 3. The van der Waals surface area contributed by atoms with E-state index >= 15 is 0 Å². The molecule has 0 spiro atoms. The molecule has 2 rings (SSSR count). The minimum atomic E-state index is -0.174. The van der Waals surface area contributed by atoms with E-state index < -0.39 is 0 Å². The highest BCUT2D eigenvalue weighted by atomic mass is 16.6. The molecular formula is C13H19NO4. The lowest BCUT2D eigenvalue weighted by atomic mass is 10.1. The van der Waals surface area contributed by atoms with Gasteiger partial charge in [-0.15, -0.1) is 0 Å². The Morgan fingerprint density at radius 1 is 1.28 bits per heavy atom. The van der Waals surface area contributed by atoms with E-state index in [9.17, 15) is 0 Å². The molecule has 0 aromatic heterocycles. The van der Waals surface area contributed by atoms with Gasteiger partial charge >= 0.3 is 0 Å². The number of aliphatic hydroxyl groups is 1. The summed E-state index contributed by atoms with van der Waals surface area (Å²) in [4.78, 5) is 0. The maximum Gasteiger partial charge on any atom is 0.161 e. The van der Waals surface area contributed by atoms with Gasteiger partial charge in [-0.3, -0.25) is 0 Å². The summed E-state index contributed by atoms with van der Waals surface area (Å²) < 4.78 is 16.6. The smallest absolute Gasteiger partial charge is 0.161 e. The fourth-order valence-electron chi connectivity index (χ4n) is 1.85. The van der Waals surface area contributed by atoms with E-state index in [1.807, 2.05) is 18.2 Å². The lowest BCUT2D eigenvalue weighted by Crippen LogP contribution is -2.19. The first-order valence-electron chi connectivity index (χ1n) is 6.17. The van der Waals surface area contributed by atoms with Crippen molar-refractivity contribution in [3.63, 3.8) is 0 Å². The number of benzene rings is 1. The van der Waals surface area contributed by atoms with Gasteiger partial charge in [-0.1, -0.05) is 6.07 Å². The quantitative estimate of drug-likeness (QED) is 0.735. The van der Waals surface area contributed by atoms with Crippen LogP contribution >= 0.6 is 0 Å². The molecule has 0 saturated carbocycles. The summed E-state index contributed by atoms with van der Waals surface area (Å²) in [5, 5.41) is 8.73. The molecule has 5 nitrogen and oxygen atoms in total. The average molecular weight is 253 g/mol. The van der Waals surface area contributed by atoms with Crippen molar-refractivity contribution in [3.8, 4) is 11.5 Å². The summed E-state index contributed by atoms with van der Waals surface area (Å²) >= 11 is 0. The van der Waals surface area contributed by atoms with Gasteiger partial charge in [0.25, 0.3) is 0 Å². The van der Waals surface area contributed by atoms with Crippen molar-refractivity contribution >= 4 is 0 Å². The summed E-state index contributed by atoms with van der Waals surface area (Å²) in [7, 11) is 0. The average Bonchev–Trinajstić information content (AvgIpc) is 2.43. The SMILES string of the molecule is NCC(OCCCO)c1ccc2c(c1)OCCO2. The standard InChI is InChI=1S/C13H19NO4/c14-9-13(16-5-1-4-15)10-2-3-11-12(8-10)18-7-6-17-11/h2-3,8,13,15H,1,4-7,9,14H2. The third-order valence-corrected chi connectivity index (χ3v) is 2.77. The predicted octanol–water partition coefficient (Wildman–Crippen LogP) is 0.857. The van der Waals surface area contributed by atoms with Crippen molar-refractivity contribution in [2.24, 2.45) is 5.73 Å². The molecule has 0 fully saturated rings. The molecule has 1 heterocycles. The van der Waals surface area contributed by atoms with Gasteiger partial charge in [0.2, 0.25) is 0 Å². The molecule has 3 N–H and O–H groups in total. The van der Waals surface area contributed by atoms with E-state index in [1.165, 1.54) is 0 Å². The fourth-order valence-corrected chi connectivity index (χ4v) is 1.85. The zero-order valence-electron chi connectivity index (χ0n) is 10.3. The Balaban J connectivity index is 2.05. The normalized spacial score (nSPS) is 15.4. The van der Waals surface area contributed by atoms with Gasteiger partial charge in [0, 0.05) is 19.8 Å². The minimum Gasteiger partial charge on any atom is -0.486 e. The molecule has 1 aliphatic heterocycles. The zero-order chi connectivity index (χ0) is 12.8. The Kier molecular flexibility index (Phi) is 4.81. The van der Waals surface area contributed by atoms with Crippen LogP contribution in [0.15, 0.2) is 18.2 Å². The zero-order valence-corrected chi connectivity index (χ0v) is 10.3. The first-order chi connectivity index (χ1) is 8.85. The Morgan fingerprint density at radius 2 is 2.06 bits per heavy atom. The van der Waals surface area contributed by atoms with Gasteiger partial charge in [0.15, 0.2) is 11.5 Å². The van der Waals surface area contributed by atoms with Crippen LogP contribution in [0.2, 0.25) is 0 Å². The summed E-state index contributed by atoms with van der Waals surface area (Å²) in [6, 6.07) is 5.72. The van der Waals surface area contributed by atoms with Crippen molar-refractivity contribution in [1.29, 1.82) is 0 Å². The van der Waals surface area contributed by atoms with E-state index in [4.69, 9.17) is 25.1 Å². The molecule has 1 atom stereocenters. The second-order valence-corrected chi connectivity index (χ2v) is 4.08. The molecule has 100 valence electrons. The van der Waals surface area contributed by atoms with Gasteiger partial charge < -0.3 is 25.1 Å². The Bertz CT molecular complexity index is 383. The van der Waals surface area contributed by atoms with Crippen LogP contribution in [0.1, 0.15) is 18.1 Å².